The van der Waals surface area contributed by atoms with Crippen LogP contribution in [0.5, 0.6) is 5.75 Å². The molecule has 0 aliphatic rings. The summed E-state index contributed by atoms with van der Waals surface area (Å²) in [5.41, 5.74) is 5.42. The summed E-state index contributed by atoms with van der Waals surface area (Å²) in [4.78, 5) is 13.5. The predicted molar refractivity (Wildman–Crippen MR) is 88.9 cm³/mol. The molecule has 0 aliphatic carbocycles. The summed E-state index contributed by atoms with van der Waals surface area (Å²) < 4.78 is 18.2. The van der Waals surface area contributed by atoms with E-state index in [9.17, 15) is 9.18 Å². The van der Waals surface area contributed by atoms with Crippen molar-refractivity contribution in [2.24, 2.45) is 5.73 Å². The highest BCUT2D eigenvalue weighted by molar-refractivity contribution is 5.85. The van der Waals surface area contributed by atoms with Gasteiger partial charge in [0.2, 0.25) is 5.91 Å². The van der Waals surface area contributed by atoms with Crippen molar-refractivity contribution in [3.05, 3.63) is 30.1 Å². The van der Waals surface area contributed by atoms with Crippen LogP contribution in [0.3, 0.4) is 0 Å². The van der Waals surface area contributed by atoms with Crippen molar-refractivity contribution in [1.82, 2.24) is 4.90 Å². The van der Waals surface area contributed by atoms with Crippen LogP contribution < -0.4 is 10.5 Å². The third kappa shape index (κ3) is 8.85. The molecule has 1 aromatic carbocycles. The Morgan fingerprint density at radius 3 is 2.45 bits per heavy atom. The summed E-state index contributed by atoms with van der Waals surface area (Å²) in [5, 5.41) is 0. The SMILES string of the molecule is CN(CCOc1ccc(F)cc1)C(=O)CCCCCCN.Cl. The molecule has 1 aromatic rings. The molecule has 0 spiro atoms. The maximum absolute atomic E-state index is 12.7. The number of halogens is 2. The van der Waals surface area contributed by atoms with E-state index in [4.69, 9.17) is 10.5 Å². The zero-order valence-electron chi connectivity index (χ0n) is 13.1. The van der Waals surface area contributed by atoms with Crippen molar-refractivity contribution >= 4 is 18.3 Å². The minimum atomic E-state index is -0.288. The first-order valence-corrected chi connectivity index (χ1v) is 7.46. The van der Waals surface area contributed by atoms with E-state index in [1.165, 1.54) is 12.1 Å². The Hall–Kier alpha value is -1.33. The van der Waals surface area contributed by atoms with Gasteiger partial charge in [-0.3, -0.25) is 4.79 Å². The molecule has 0 fully saturated rings. The van der Waals surface area contributed by atoms with E-state index in [0.717, 1.165) is 25.7 Å². The van der Waals surface area contributed by atoms with Crippen LogP contribution in [0.4, 0.5) is 4.39 Å². The van der Waals surface area contributed by atoms with E-state index >= 15 is 0 Å². The second-order valence-electron chi connectivity index (χ2n) is 5.07. The molecule has 0 unspecified atom stereocenters. The first-order chi connectivity index (χ1) is 10.1. The Balaban J connectivity index is 0.00000441. The molecule has 2 N–H and O–H groups in total. The van der Waals surface area contributed by atoms with Gasteiger partial charge in [-0.25, -0.2) is 4.39 Å². The average molecular weight is 333 g/mol. The van der Waals surface area contributed by atoms with Crippen LogP contribution in [0.1, 0.15) is 32.1 Å². The zero-order chi connectivity index (χ0) is 15.5. The van der Waals surface area contributed by atoms with Crippen molar-refractivity contribution in [1.29, 1.82) is 0 Å². The smallest absolute Gasteiger partial charge is 0.222 e. The molecule has 0 atom stereocenters. The number of hydrogen-bond donors (Lipinski definition) is 1. The normalized spacial score (nSPS) is 9.95. The Bertz CT molecular complexity index is 415. The maximum Gasteiger partial charge on any atom is 0.222 e. The van der Waals surface area contributed by atoms with Gasteiger partial charge in [0, 0.05) is 13.5 Å². The number of carbonyl (C=O) groups excluding carboxylic acids is 1. The second kappa shape index (κ2) is 12.2. The van der Waals surface area contributed by atoms with Gasteiger partial charge >= 0.3 is 0 Å². The first-order valence-electron chi connectivity index (χ1n) is 7.46. The Labute approximate surface area is 138 Å². The number of likely N-dealkylation sites (N-methyl/N-ethyl adjacent to an activating group) is 1. The van der Waals surface area contributed by atoms with Crippen molar-refractivity contribution in [2.75, 3.05) is 26.7 Å². The highest BCUT2D eigenvalue weighted by atomic mass is 35.5. The van der Waals surface area contributed by atoms with Crippen LogP contribution in [0.2, 0.25) is 0 Å². The van der Waals surface area contributed by atoms with Crippen molar-refractivity contribution in [2.45, 2.75) is 32.1 Å². The summed E-state index contributed by atoms with van der Waals surface area (Å²) in [7, 11) is 1.77. The number of benzene rings is 1. The molecule has 0 aromatic heterocycles. The van der Waals surface area contributed by atoms with Crippen LogP contribution in [-0.2, 0) is 4.79 Å². The predicted octanol–water partition coefficient (Wildman–Crippen LogP) is 2.99. The third-order valence-electron chi connectivity index (χ3n) is 3.28. The van der Waals surface area contributed by atoms with Gasteiger partial charge < -0.3 is 15.4 Å². The molecule has 22 heavy (non-hydrogen) atoms. The van der Waals surface area contributed by atoms with E-state index in [0.29, 0.717) is 31.9 Å². The lowest BCUT2D eigenvalue weighted by molar-refractivity contribution is -0.130. The van der Waals surface area contributed by atoms with Crippen molar-refractivity contribution in [3.63, 3.8) is 0 Å². The molecule has 0 saturated carbocycles. The monoisotopic (exact) mass is 332 g/mol. The minimum absolute atomic E-state index is 0. The van der Waals surface area contributed by atoms with E-state index in [-0.39, 0.29) is 24.1 Å². The van der Waals surface area contributed by atoms with Crippen molar-refractivity contribution < 1.29 is 13.9 Å². The minimum Gasteiger partial charge on any atom is -0.492 e. The number of unbranched alkanes of at least 4 members (excludes halogenated alkanes) is 3. The molecule has 0 aliphatic heterocycles. The van der Waals surface area contributed by atoms with Crippen LogP contribution in [0.15, 0.2) is 24.3 Å². The highest BCUT2D eigenvalue weighted by Crippen LogP contribution is 2.11. The fourth-order valence-electron chi connectivity index (χ4n) is 1.92. The molecule has 0 radical (unpaired) electrons. The summed E-state index contributed by atoms with van der Waals surface area (Å²) in [6, 6.07) is 5.86. The molecular weight excluding hydrogens is 307 g/mol. The first kappa shape index (κ1) is 20.7. The average Bonchev–Trinajstić information content (AvgIpc) is 2.48. The van der Waals surface area contributed by atoms with Gasteiger partial charge in [0.05, 0.1) is 6.54 Å². The van der Waals surface area contributed by atoms with Gasteiger partial charge in [0.1, 0.15) is 18.2 Å². The molecule has 0 saturated heterocycles. The lowest BCUT2D eigenvalue weighted by Crippen LogP contribution is -2.30. The topological polar surface area (TPSA) is 55.6 Å². The van der Waals surface area contributed by atoms with Crippen molar-refractivity contribution in [3.8, 4) is 5.75 Å². The Morgan fingerprint density at radius 1 is 1.18 bits per heavy atom. The van der Waals surface area contributed by atoms with Gasteiger partial charge in [-0.15, -0.1) is 12.4 Å². The lowest BCUT2D eigenvalue weighted by Gasteiger charge is -2.17. The number of nitrogens with zero attached hydrogens (tertiary/aromatic N) is 1. The largest absolute Gasteiger partial charge is 0.492 e. The third-order valence-corrected chi connectivity index (χ3v) is 3.28. The fraction of sp³-hybridized carbons (Fsp3) is 0.562. The van der Waals surface area contributed by atoms with Crippen LogP contribution in [0, 0.1) is 5.82 Å². The lowest BCUT2D eigenvalue weighted by atomic mass is 10.1. The van der Waals surface area contributed by atoms with Gasteiger partial charge in [-0.2, -0.15) is 0 Å². The number of rotatable bonds is 10. The van der Waals surface area contributed by atoms with E-state index in [1.807, 2.05) is 0 Å². The van der Waals surface area contributed by atoms with Crippen LogP contribution in [-0.4, -0.2) is 37.6 Å². The molecule has 0 bridgehead atoms. The summed E-state index contributed by atoms with van der Waals surface area (Å²) in [6.45, 7) is 1.65. The number of nitrogens with two attached hydrogens (primary N) is 1. The maximum atomic E-state index is 12.7. The number of hydrogen-bond acceptors (Lipinski definition) is 3. The standard InChI is InChI=1S/C16H25FN2O2.ClH/c1-19(16(20)6-4-2-3-5-11-18)12-13-21-15-9-7-14(17)8-10-15;/h7-10H,2-6,11-13,18H2,1H3;1H. The quantitative estimate of drug-likeness (QED) is 0.670. The fourth-order valence-corrected chi connectivity index (χ4v) is 1.92. The van der Waals surface area contributed by atoms with Crippen LogP contribution in [0.25, 0.3) is 0 Å². The summed E-state index contributed by atoms with van der Waals surface area (Å²) >= 11 is 0. The van der Waals surface area contributed by atoms with Crippen LogP contribution >= 0.6 is 12.4 Å². The highest BCUT2D eigenvalue weighted by Gasteiger charge is 2.08. The van der Waals surface area contributed by atoms with E-state index in [2.05, 4.69) is 0 Å². The molecular formula is C16H26ClFN2O2. The summed E-state index contributed by atoms with van der Waals surface area (Å²) in [5.74, 6) is 0.453. The van der Waals surface area contributed by atoms with E-state index < -0.39 is 0 Å². The summed E-state index contributed by atoms with van der Waals surface area (Å²) in [6.07, 6.45) is 4.62. The van der Waals surface area contributed by atoms with Gasteiger partial charge in [0.15, 0.2) is 0 Å². The molecule has 1 rings (SSSR count). The molecule has 4 nitrogen and oxygen atoms in total. The number of carbonyl (C=O) groups is 1. The zero-order valence-corrected chi connectivity index (χ0v) is 13.9. The second-order valence-corrected chi connectivity index (χ2v) is 5.07. The molecule has 0 heterocycles. The number of amides is 1. The molecule has 6 heteroatoms. The number of ether oxygens (including phenoxy) is 1. The van der Waals surface area contributed by atoms with Gasteiger partial charge in [-0.1, -0.05) is 12.8 Å². The molecule has 126 valence electrons. The molecule has 1 amide bonds. The Kier molecular flexibility index (Phi) is 11.5. The van der Waals surface area contributed by atoms with Gasteiger partial charge in [-0.05, 0) is 43.7 Å². The van der Waals surface area contributed by atoms with Gasteiger partial charge in [0.25, 0.3) is 0 Å². The van der Waals surface area contributed by atoms with E-state index in [1.54, 1.807) is 24.1 Å². The Morgan fingerprint density at radius 2 is 1.82 bits per heavy atom.